The summed E-state index contributed by atoms with van der Waals surface area (Å²) >= 11 is 2.00. The van der Waals surface area contributed by atoms with Gasteiger partial charge in [0, 0.05) is 19.2 Å². The number of hydrogen-bond donors (Lipinski definition) is 1. The summed E-state index contributed by atoms with van der Waals surface area (Å²) in [5.41, 5.74) is 0.919. The second-order valence-corrected chi connectivity index (χ2v) is 5.12. The molecule has 0 unspecified atom stereocenters. The number of para-hydroxylation sites is 1. The Morgan fingerprint density at radius 2 is 2.16 bits per heavy atom. The van der Waals surface area contributed by atoms with Crippen molar-refractivity contribution in [1.29, 1.82) is 0 Å². The maximum Gasteiger partial charge on any atom is 0.266 e. The summed E-state index contributed by atoms with van der Waals surface area (Å²) in [6.45, 7) is 0.621. The Labute approximate surface area is 124 Å². The molecule has 5 nitrogen and oxygen atoms in total. The van der Waals surface area contributed by atoms with E-state index in [0.717, 1.165) is 11.3 Å². The first-order chi connectivity index (χ1) is 9.13. The third-order valence-electron chi connectivity index (χ3n) is 2.74. The SMILES string of the molecule is COc1ccccc1CN(C)c1nc[nH]c(=O)c1I. The smallest absolute Gasteiger partial charge is 0.266 e. The van der Waals surface area contributed by atoms with Gasteiger partial charge in [0.15, 0.2) is 0 Å². The van der Waals surface area contributed by atoms with Crippen molar-refractivity contribution in [3.63, 3.8) is 0 Å². The first-order valence-electron chi connectivity index (χ1n) is 5.69. The third kappa shape index (κ3) is 3.06. The summed E-state index contributed by atoms with van der Waals surface area (Å²) in [7, 11) is 3.55. The van der Waals surface area contributed by atoms with Crippen LogP contribution in [0.5, 0.6) is 5.75 Å². The monoisotopic (exact) mass is 371 g/mol. The number of aromatic amines is 1. The molecule has 1 N–H and O–H groups in total. The first kappa shape index (κ1) is 13.9. The van der Waals surface area contributed by atoms with Crippen LogP contribution in [-0.4, -0.2) is 24.1 Å². The van der Waals surface area contributed by atoms with Gasteiger partial charge in [0.2, 0.25) is 0 Å². The predicted octanol–water partition coefficient (Wildman–Crippen LogP) is 2.02. The van der Waals surface area contributed by atoms with Gasteiger partial charge in [-0.1, -0.05) is 18.2 Å². The molecule has 1 heterocycles. The number of aromatic nitrogens is 2. The van der Waals surface area contributed by atoms with E-state index in [1.54, 1.807) is 7.11 Å². The lowest BCUT2D eigenvalue weighted by atomic mass is 10.2. The summed E-state index contributed by atoms with van der Waals surface area (Å²) in [6.07, 6.45) is 1.42. The minimum atomic E-state index is -0.127. The molecule has 0 aliphatic rings. The molecule has 100 valence electrons. The number of nitrogens with zero attached hydrogens (tertiary/aromatic N) is 2. The van der Waals surface area contributed by atoms with E-state index in [1.807, 2.05) is 58.8 Å². The normalized spacial score (nSPS) is 10.3. The number of rotatable bonds is 4. The Morgan fingerprint density at radius 3 is 2.89 bits per heavy atom. The van der Waals surface area contributed by atoms with E-state index in [2.05, 4.69) is 9.97 Å². The van der Waals surface area contributed by atoms with Crippen LogP contribution in [-0.2, 0) is 6.54 Å². The second kappa shape index (κ2) is 6.05. The van der Waals surface area contributed by atoms with Crippen molar-refractivity contribution in [3.05, 3.63) is 50.1 Å². The largest absolute Gasteiger partial charge is 0.496 e. The van der Waals surface area contributed by atoms with E-state index in [1.165, 1.54) is 6.33 Å². The highest BCUT2D eigenvalue weighted by atomic mass is 127. The molecule has 1 aromatic carbocycles. The van der Waals surface area contributed by atoms with Crippen molar-refractivity contribution >= 4 is 28.4 Å². The summed E-state index contributed by atoms with van der Waals surface area (Å²) < 4.78 is 5.90. The fourth-order valence-electron chi connectivity index (χ4n) is 1.80. The Bertz CT molecular complexity index is 627. The minimum Gasteiger partial charge on any atom is -0.496 e. The Hall–Kier alpha value is -1.57. The molecule has 0 bridgehead atoms. The Morgan fingerprint density at radius 1 is 1.42 bits per heavy atom. The van der Waals surface area contributed by atoms with Gasteiger partial charge in [0.1, 0.15) is 15.1 Å². The number of hydrogen-bond acceptors (Lipinski definition) is 4. The standard InChI is InChI=1S/C13H14IN3O2/c1-17(12-11(14)13(18)16-8-15-12)7-9-5-3-4-6-10(9)19-2/h3-6,8H,7H2,1-2H3,(H,15,16,18). The summed E-state index contributed by atoms with van der Waals surface area (Å²) in [6, 6.07) is 7.80. The van der Waals surface area contributed by atoms with Crippen LogP contribution in [0.3, 0.4) is 0 Å². The Kier molecular flexibility index (Phi) is 4.41. The average Bonchev–Trinajstić information content (AvgIpc) is 2.42. The van der Waals surface area contributed by atoms with Gasteiger partial charge >= 0.3 is 0 Å². The van der Waals surface area contributed by atoms with Crippen molar-refractivity contribution in [1.82, 2.24) is 9.97 Å². The van der Waals surface area contributed by atoms with Crippen LogP contribution in [0, 0.1) is 3.57 Å². The molecule has 2 aromatic rings. The second-order valence-electron chi connectivity index (χ2n) is 4.04. The van der Waals surface area contributed by atoms with Gasteiger partial charge in [-0.3, -0.25) is 4.79 Å². The predicted molar refractivity (Wildman–Crippen MR) is 82.7 cm³/mol. The molecule has 19 heavy (non-hydrogen) atoms. The van der Waals surface area contributed by atoms with Crippen LogP contribution in [0.2, 0.25) is 0 Å². The number of ether oxygens (including phenoxy) is 1. The highest BCUT2D eigenvalue weighted by molar-refractivity contribution is 14.1. The van der Waals surface area contributed by atoms with Crippen LogP contribution in [0.15, 0.2) is 35.4 Å². The number of methoxy groups -OCH3 is 1. The zero-order chi connectivity index (χ0) is 13.8. The molecule has 0 radical (unpaired) electrons. The van der Waals surface area contributed by atoms with Crippen molar-refractivity contribution in [3.8, 4) is 5.75 Å². The van der Waals surface area contributed by atoms with Crippen molar-refractivity contribution in [2.75, 3.05) is 19.1 Å². The molecule has 0 fully saturated rings. The van der Waals surface area contributed by atoms with Gasteiger partial charge in [0.25, 0.3) is 5.56 Å². The van der Waals surface area contributed by atoms with E-state index in [-0.39, 0.29) is 5.56 Å². The molecule has 0 spiro atoms. The van der Waals surface area contributed by atoms with Crippen LogP contribution in [0.4, 0.5) is 5.82 Å². The highest BCUT2D eigenvalue weighted by Gasteiger charge is 2.12. The molecule has 0 atom stereocenters. The lowest BCUT2D eigenvalue weighted by molar-refractivity contribution is 0.409. The van der Waals surface area contributed by atoms with Crippen LogP contribution in [0.25, 0.3) is 0 Å². The summed E-state index contributed by atoms with van der Waals surface area (Å²) in [5.74, 6) is 1.49. The number of benzene rings is 1. The zero-order valence-electron chi connectivity index (χ0n) is 10.7. The molecule has 1 aromatic heterocycles. The Balaban J connectivity index is 2.28. The zero-order valence-corrected chi connectivity index (χ0v) is 12.8. The van der Waals surface area contributed by atoms with Gasteiger partial charge in [-0.25, -0.2) is 4.98 Å². The van der Waals surface area contributed by atoms with Gasteiger partial charge in [-0.05, 0) is 28.7 Å². The lowest BCUT2D eigenvalue weighted by Gasteiger charge is -2.20. The molecule has 0 saturated heterocycles. The fourth-order valence-corrected chi connectivity index (χ4v) is 2.51. The molecular formula is C13H14IN3O2. The summed E-state index contributed by atoms with van der Waals surface area (Å²) in [4.78, 5) is 20.3. The molecule has 0 saturated carbocycles. The lowest BCUT2D eigenvalue weighted by Crippen LogP contribution is -2.23. The molecule has 6 heteroatoms. The summed E-state index contributed by atoms with van der Waals surface area (Å²) in [5, 5.41) is 0. The minimum absolute atomic E-state index is 0.127. The number of nitrogens with one attached hydrogen (secondary N) is 1. The fraction of sp³-hybridized carbons (Fsp3) is 0.231. The maximum absolute atomic E-state index is 11.6. The molecule has 0 amide bonds. The van der Waals surface area contributed by atoms with Crippen LogP contribution >= 0.6 is 22.6 Å². The third-order valence-corrected chi connectivity index (χ3v) is 3.71. The quantitative estimate of drug-likeness (QED) is 0.836. The molecule has 2 rings (SSSR count). The first-order valence-corrected chi connectivity index (χ1v) is 6.77. The van der Waals surface area contributed by atoms with Crippen molar-refractivity contribution < 1.29 is 4.74 Å². The van der Waals surface area contributed by atoms with E-state index in [9.17, 15) is 4.79 Å². The molecular weight excluding hydrogens is 357 g/mol. The van der Waals surface area contributed by atoms with E-state index >= 15 is 0 Å². The maximum atomic E-state index is 11.6. The number of halogens is 1. The topological polar surface area (TPSA) is 58.2 Å². The number of anilines is 1. The van der Waals surface area contributed by atoms with Crippen LogP contribution < -0.4 is 15.2 Å². The van der Waals surface area contributed by atoms with E-state index < -0.39 is 0 Å². The van der Waals surface area contributed by atoms with E-state index in [0.29, 0.717) is 15.9 Å². The molecule has 0 aliphatic heterocycles. The van der Waals surface area contributed by atoms with Crippen molar-refractivity contribution in [2.45, 2.75) is 6.54 Å². The number of H-pyrrole nitrogens is 1. The van der Waals surface area contributed by atoms with Gasteiger partial charge in [-0.15, -0.1) is 0 Å². The average molecular weight is 371 g/mol. The van der Waals surface area contributed by atoms with Crippen LogP contribution in [0.1, 0.15) is 5.56 Å². The van der Waals surface area contributed by atoms with Crippen molar-refractivity contribution in [2.24, 2.45) is 0 Å². The van der Waals surface area contributed by atoms with Gasteiger partial charge in [-0.2, -0.15) is 0 Å². The highest BCUT2D eigenvalue weighted by Crippen LogP contribution is 2.22. The van der Waals surface area contributed by atoms with E-state index in [4.69, 9.17) is 4.74 Å². The molecule has 0 aliphatic carbocycles. The van der Waals surface area contributed by atoms with Gasteiger partial charge in [0.05, 0.1) is 13.4 Å². The van der Waals surface area contributed by atoms with Gasteiger partial charge < -0.3 is 14.6 Å².